The number of anilines is 1. The van der Waals surface area contributed by atoms with E-state index in [1.807, 2.05) is 18.2 Å². The molecule has 6 heteroatoms. The molecule has 5 nitrogen and oxygen atoms in total. The van der Waals surface area contributed by atoms with E-state index in [9.17, 15) is 10.1 Å². The predicted octanol–water partition coefficient (Wildman–Crippen LogP) is 4.85. The summed E-state index contributed by atoms with van der Waals surface area (Å²) in [4.78, 5) is 14.4. The normalized spacial score (nSPS) is 15.5. The number of methoxy groups -OCH3 is 1. The van der Waals surface area contributed by atoms with Crippen LogP contribution >= 0.6 is 11.6 Å². The number of hydrogen-bond donors (Lipinski definition) is 0. The molecule has 1 aliphatic heterocycles. The van der Waals surface area contributed by atoms with Gasteiger partial charge >= 0.3 is 5.97 Å². The largest absolute Gasteiger partial charge is 0.459 e. The molecule has 0 N–H and O–H groups in total. The number of allylic oxidation sites excluding steroid dienone is 1. The van der Waals surface area contributed by atoms with Crippen LogP contribution in [0.2, 0.25) is 5.02 Å². The van der Waals surface area contributed by atoms with Gasteiger partial charge in [-0.25, -0.2) is 4.79 Å². The molecule has 1 heterocycles. The monoisotopic (exact) mass is 402 g/mol. The van der Waals surface area contributed by atoms with Gasteiger partial charge in [-0.05, 0) is 56.5 Å². The molecule has 0 spiro atoms. The molecule has 1 aromatic carbocycles. The highest BCUT2D eigenvalue weighted by molar-refractivity contribution is 6.32. The summed E-state index contributed by atoms with van der Waals surface area (Å²) < 4.78 is 9.89. The minimum absolute atomic E-state index is 0.0924. The predicted molar refractivity (Wildman–Crippen MR) is 113 cm³/mol. The Morgan fingerprint density at radius 2 is 2.07 bits per heavy atom. The van der Waals surface area contributed by atoms with Crippen molar-refractivity contribution in [2.24, 2.45) is 0 Å². The van der Waals surface area contributed by atoms with Gasteiger partial charge < -0.3 is 14.4 Å². The van der Waals surface area contributed by atoms with Crippen molar-refractivity contribution in [3.8, 4) is 6.07 Å². The van der Waals surface area contributed by atoms with Crippen LogP contribution in [-0.4, -0.2) is 38.4 Å². The fraction of sp³-hybridized carbons (Fsp3) is 0.455. The van der Waals surface area contributed by atoms with Crippen molar-refractivity contribution < 1.29 is 14.3 Å². The first-order chi connectivity index (χ1) is 13.2. The van der Waals surface area contributed by atoms with Crippen LogP contribution in [0.25, 0.3) is 11.6 Å². The van der Waals surface area contributed by atoms with Crippen LogP contribution < -0.4 is 4.90 Å². The van der Waals surface area contributed by atoms with Gasteiger partial charge in [0.15, 0.2) is 0 Å². The van der Waals surface area contributed by atoms with Crippen molar-refractivity contribution >= 4 is 34.9 Å². The minimum Gasteiger partial charge on any atom is -0.459 e. The lowest BCUT2D eigenvalue weighted by Gasteiger charge is -2.43. The molecule has 150 valence electrons. The fourth-order valence-electron chi connectivity index (χ4n) is 3.45. The maximum Gasteiger partial charge on any atom is 0.348 e. The number of fused-ring (bicyclic) bond motifs is 1. The molecule has 2 rings (SSSR count). The second-order valence-corrected chi connectivity index (χ2v) is 7.73. The number of ether oxygens (including phenoxy) is 2. The third kappa shape index (κ3) is 4.76. The molecule has 28 heavy (non-hydrogen) atoms. The molecule has 0 bridgehead atoms. The Kier molecular flexibility index (Phi) is 7.29. The van der Waals surface area contributed by atoms with E-state index in [4.69, 9.17) is 21.1 Å². The van der Waals surface area contributed by atoms with Crippen LogP contribution in [0.3, 0.4) is 0 Å². The number of nitrogens with zero attached hydrogens (tertiary/aromatic N) is 2. The van der Waals surface area contributed by atoms with E-state index in [1.54, 1.807) is 0 Å². The lowest BCUT2D eigenvalue weighted by Crippen LogP contribution is -2.45. The fourth-order valence-corrected chi connectivity index (χ4v) is 3.66. The Bertz CT molecular complexity index is 850. The molecular formula is C22H27ClN2O3. The van der Waals surface area contributed by atoms with Gasteiger partial charge in [-0.3, -0.25) is 0 Å². The topological polar surface area (TPSA) is 62.6 Å². The zero-order valence-electron chi connectivity index (χ0n) is 17.1. The molecular weight excluding hydrogens is 376 g/mol. The van der Waals surface area contributed by atoms with Gasteiger partial charge in [-0.2, -0.15) is 5.26 Å². The molecule has 0 unspecified atom stereocenters. The molecule has 0 saturated carbocycles. The summed E-state index contributed by atoms with van der Waals surface area (Å²) in [6.45, 7) is 9.85. The smallest absolute Gasteiger partial charge is 0.348 e. The number of hydrogen-bond acceptors (Lipinski definition) is 5. The van der Waals surface area contributed by atoms with Gasteiger partial charge in [-0.15, -0.1) is 0 Å². The van der Waals surface area contributed by atoms with Crippen LogP contribution in [0, 0.1) is 11.3 Å². The molecule has 0 aromatic heterocycles. The van der Waals surface area contributed by atoms with E-state index in [2.05, 4.69) is 38.7 Å². The zero-order chi connectivity index (χ0) is 20.9. The SMILES string of the molecule is CCCN1c2cc(Cl)c(/C=C(/C#N)C(=O)OCCOC)cc2C(C)=CC1(C)C. The lowest BCUT2D eigenvalue weighted by molar-refractivity contribution is -0.139. The summed E-state index contributed by atoms with van der Waals surface area (Å²) in [6.07, 6.45) is 4.73. The number of carbonyl (C=O) groups is 1. The highest BCUT2D eigenvalue weighted by Crippen LogP contribution is 2.41. The summed E-state index contributed by atoms with van der Waals surface area (Å²) in [5, 5.41) is 9.85. The lowest BCUT2D eigenvalue weighted by atomic mass is 9.87. The van der Waals surface area contributed by atoms with Crippen molar-refractivity contribution in [1.29, 1.82) is 5.26 Å². The van der Waals surface area contributed by atoms with Crippen LogP contribution in [0.15, 0.2) is 23.8 Å². The second kappa shape index (κ2) is 9.27. The van der Waals surface area contributed by atoms with Crippen molar-refractivity contribution in [2.75, 3.05) is 31.8 Å². The molecule has 1 aromatic rings. The average Bonchev–Trinajstić information content (AvgIpc) is 2.63. The van der Waals surface area contributed by atoms with E-state index >= 15 is 0 Å². The van der Waals surface area contributed by atoms with Crippen LogP contribution in [0.1, 0.15) is 45.2 Å². The number of carbonyl (C=O) groups excluding carboxylic acids is 1. The van der Waals surface area contributed by atoms with Crippen molar-refractivity contribution in [3.63, 3.8) is 0 Å². The zero-order valence-corrected chi connectivity index (χ0v) is 17.9. The third-order valence-corrected chi connectivity index (χ3v) is 5.03. The first kappa shape index (κ1) is 22.0. The Balaban J connectivity index is 2.45. The summed E-state index contributed by atoms with van der Waals surface area (Å²) in [5.74, 6) is -0.686. The average molecular weight is 403 g/mol. The summed E-state index contributed by atoms with van der Waals surface area (Å²) in [6, 6.07) is 5.75. The Labute approximate surface area is 172 Å². The van der Waals surface area contributed by atoms with Gasteiger partial charge in [0, 0.05) is 29.9 Å². The van der Waals surface area contributed by atoms with Gasteiger partial charge in [0.25, 0.3) is 0 Å². The molecule has 0 atom stereocenters. The van der Waals surface area contributed by atoms with E-state index in [0.29, 0.717) is 10.6 Å². The minimum atomic E-state index is -0.686. The number of esters is 1. The first-order valence-electron chi connectivity index (χ1n) is 9.34. The Morgan fingerprint density at radius 1 is 1.36 bits per heavy atom. The Hall–Kier alpha value is -2.29. The molecule has 0 amide bonds. The molecule has 1 aliphatic rings. The van der Waals surface area contributed by atoms with Crippen LogP contribution in [0.5, 0.6) is 0 Å². The molecule has 0 saturated heterocycles. The van der Waals surface area contributed by atoms with Crippen molar-refractivity contribution in [2.45, 2.75) is 39.7 Å². The van der Waals surface area contributed by atoms with Crippen LogP contribution in [0.4, 0.5) is 5.69 Å². The summed E-state index contributed by atoms with van der Waals surface area (Å²) >= 11 is 6.53. The van der Waals surface area contributed by atoms with E-state index in [0.717, 1.165) is 29.8 Å². The van der Waals surface area contributed by atoms with Crippen molar-refractivity contribution in [3.05, 3.63) is 39.9 Å². The number of halogens is 1. The summed E-state index contributed by atoms with van der Waals surface area (Å²) in [7, 11) is 1.51. The summed E-state index contributed by atoms with van der Waals surface area (Å²) in [5.41, 5.74) is 3.66. The number of nitriles is 1. The molecule has 0 aliphatic carbocycles. The van der Waals surface area contributed by atoms with Gasteiger partial charge in [0.1, 0.15) is 18.2 Å². The maximum absolute atomic E-state index is 12.1. The van der Waals surface area contributed by atoms with E-state index in [1.165, 1.54) is 13.2 Å². The number of rotatable bonds is 7. The van der Waals surface area contributed by atoms with Gasteiger partial charge in [0.2, 0.25) is 0 Å². The van der Waals surface area contributed by atoms with Crippen molar-refractivity contribution in [1.82, 2.24) is 0 Å². The van der Waals surface area contributed by atoms with E-state index in [-0.39, 0.29) is 24.3 Å². The Morgan fingerprint density at radius 3 is 2.68 bits per heavy atom. The highest BCUT2D eigenvalue weighted by Gasteiger charge is 2.31. The van der Waals surface area contributed by atoms with Gasteiger partial charge in [-0.1, -0.05) is 24.6 Å². The highest BCUT2D eigenvalue weighted by atomic mass is 35.5. The second-order valence-electron chi connectivity index (χ2n) is 7.32. The maximum atomic E-state index is 12.1. The number of benzene rings is 1. The first-order valence-corrected chi connectivity index (χ1v) is 9.71. The van der Waals surface area contributed by atoms with E-state index < -0.39 is 5.97 Å². The standard InChI is InChI=1S/C22H27ClN2O3/c1-6-7-25-20-12-19(23)16(11-18(20)15(2)13-22(25,3)4)10-17(14-24)21(26)28-9-8-27-5/h10-13H,6-9H2,1-5H3/b17-10-. The third-order valence-electron chi connectivity index (χ3n) is 4.70. The quantitative estimate of drug-likeness (QED) is 0.282. The molecule has 0 radical (unpaired) electrons. The molecule has 0 fully saturated rings. The van der Waals surface area contributed by atoms with Gasteiger partial charge in [0.05, 0.1) is 12.1 Å². The van der Waals surface area contributed by atoms with Crippen LogP contribution in [-0.2, 0) is 14.3 Å².